The van der Waals surface area contributed by atoms with Crippen molar-refractivity contribution in [2.45, 2.75) is 37.5 Å². The molecule has 1 fully saturated rings. The topological polar surface area (TPSA) is 66.6 Å². The fraction of sp³-hybridized carbons (Fsp3) is 0.889. The zero-order valence-corrected chi connectivity index (χ0v) is 8.70. The highest BCUT2D eigenvalue weighted by Gasteiger charge is 2.43. The van der Waals surface area contributed by atoms with E-state index in [9.17, 15) is 18.0 Å². The maximum Gasteiger partial charge on any atom is 0.401 e. The van der Waals surface area contributed by atoms with Gasteiger partial charge in [-0.3, -0.25) is 9.69 Å². The van der Waals surface area contributed by atoms with Crippen LogP contribution in [0.4, 0.5) is 13.2 Å². The maximum atomic E-state index is 12.3. The molecule has 7 heteroatoms. The maximum absolute atomic E-state index is 12.3. The van der Waals surface area contributed by atoms with Crippen molar-refractivity contribution in [2.75, 3.05) is 13.1 Å². The van der Waals surface area contributed by atoms with Gasteiger partial charge in [0.05, 0.1) is 6.54 Å². The lowest BCUT2D eigenvalue weighted by Gasteiger charge is -2.29. The molecular weight excluding hydrogens is 225 g/mol. The predicted octanol–water partition coefficient (Wildman–Crippen LogP) is 0.815. The van der Waals surface area contributed by atoms with E-state index in [-0.39, 0.29) is 19.0 Å². The van der Waals surface area contributed by atoms with Crippen molar-refractivity contribution in [3.05, 3.63) is 0 Å². The van der Waals surface area contributed by atoms with E-state index in [0.29, 0.717) is 12.8 Å². The standard InChI is InChI=1S/C9H15F3N2O2/c10-9(11,12)5-14(6-1-2-6)7(3-4-13)8(15)16/h6-7H,1-5,13H2,(H,15,16). The first-order valence-corrected chi connectivity index (χ1v) is 5.10. The van der Waals surface area contributed by atoms with Crippen LogP contribution >= 0.6 is 0 Å². The molecule has 0 heterocycles. The Kier molecular flexibility index (Phi) is 4.15. The van der Waals surface area contributed by atoms with E-state index in [1.165, 1.54) is 0 Å². The van der Waals surface area contributed by atoms with Crippen molar-refractivity contribution in [1.82, 2.24) is 4.90 Å². The molecule has 0 amide bonds. The Bertz CT molecular complexity index is 254. The van der Waals surface area contributed by atoms with Gasteiger partial charge in [-0.05, 0) is 25.8 Å². The summed E-state index contributed by atoms with van der Waals surface area (Å²) in [7, 11) is 0. The van der Waals surface area contributed by atoms with Crippen LogP contribution in [0, 0.1) is 0 Å². The Labute approximate surface area is 91.2 Å². The summed E-state index contributed by atoms with van der Waals surface area (Å²) in [5, 5.41) is 8.88. The zero-order chi connectivity index (χ0) is 12.3. The molecule has 4 nitrogen and oxygen atoms in total. The molecule has 0 aliphatic heterocycles. The summed E-state index contributed by atoms with van der Waals surface area (Å²) in [4.78, 5) is 11.9. The molecule has 1 aliphatic rings. The van der Waals surface area contributed by atoms with Crippen LogP contribution in [-0.2, 0) is 4.79 Å². The van der Waals surface area contributed by atoms with E-state index < -0.39 is 24.7 Å². The minimum atomic E-state index is -4.37. The lowest BCUT2D eigenvalue weighted by molar-refractivity contribution is -0.163. The van der Waals surface area contributed by atoms with Crippen molar-refractivity contribution in [3.63, 3.8) is 0 Å². The van der Waals surface area contributed by atoms with Crippen LogP contribution in [0.3, 0.4) is 0 Å². The molecule has 1 atom stereocenters. The summed E-state index contributed by atoms with van der Waals surface area (Å²) in [5.41, 5.74) is 5.22. The van der Waals surface area contributed by atoms with Gasteiger partial charge in [0, 0.05) is 6.04 Å². The van der Waals surface area contributed by atoms with Crippen LogP contribution in [0.2, 0.25) is 0 Å². The van der Waals surface area contributed by atoms with E-state index in [0.717, 1.165) is 4.90 Å². The van der Waals surface area contributed by atoms with Crippen molar-refractivity contribution < 1.29 is 23.1 Å². The molecule has 94 valence electrons. The molecule has 0 radical (unpaired) electrons. The predicted molar refractivity (Wildman–Crippen MR) is 50.9 cm³/mol. The van der Waals surface area contributed by atoms with Gasteiger partial charge in [0.15, 0.2) is 0 Å². The molecule has 0 saturated heterocycles. The molecule has 1 unspecified atom stereocenters. The second kappa shape index (κ2) is 5.01. The highest BCUT2D eigenvalue weighted by molar-refractivity contribution is 5.73. The average Bonchev–Trinajstić information content (AvgIpc) is 2.91. The number of nitrogens with zero attached hydrogens (tertiary/aromatic N) is 1. The van der Waals surface area contributed by atoms with E-state index in [1.807, 2.05) is 0 Å². The fourth-order valence-corrected chi connectivity index (χ4v) is 1.70. The number of aliphatic carboxylic acids is 1. The number of rotatable bonds is 6. The first-order chi connectivity index (χ1) is 7.35. The number of hydrogen-bond donors (Lipinski definition) is 2. The van der Waals surface area contributed by atoms with Gasteiger partial charge >= 0.3 is 12.1 Å². The fourth-order valence-electron chi connectivity index (χ4n) is 1.70. The van der Waals surface area contributed by atoms with Crippen molar-refractivity contribution in [2.24, 2.45) is 5.73 Å². The molecule has 1 rings (SSSR count). The normalized spacial score (nSPS) is 18.8. The number of carbonyl (C=O) groups is 1. The number of alkyl halides is 3. The summed E-state index contributed by atoms with van der Waals surface area (Å²) in [6.07, 6.45) is -3.07. The third-order valence-corrected chi connectivity index (χ3v) is 2.50. The molecule has 1 aliphatic carbocycles. The Morgan fingerprint density at radius 1 is 1.50 bits per heavy atom. The molecule has 0 bridgehead atoms. The molecule has 1 saturated carbocycles. The minimum Gasteiger partial charge on any atom is -0.480 e. The average molecular weight is 240 g/mol. The number of nitrogens with two attached hydrogens (primary N) is 1. The lowest BCUT2D eigenvalue weighted by atomic mass is 10.1. The van der Waals surface area contributed by atoms with Crippen LogP contribution in [0.25, 0.3) is 0 Å². The quantitative estimate of drug-likeness (QED) is 0.721. The Balaban J connectivity index is 2.69. The summed E-state index contributed by atoms with van der Waals surface area (Å²) >= 11 is 0. The van der Waals surface area contributed by atoms with Crippen LogP contribution in [0.1, 0.15) is 19.3 Å². The van der Waals surface area contributed by atoms with Gasteiger partial charge < -0.3 is 10.8 Å². The van der Waals surface area contributed by atoms with Gasteiger partial charge in [0.2, 0.25) is 0 Å². The Hall–Kier alpha value is -0.820. The monoisotopic (exact) mass is 240 g/mol. The molecule has 3 N–H and O–H groups in total. The summed E-state index contributed by atoms with van der Waals surface area (Å²) in [6.45, 7) is -1.10. The number of hydrogen-bond acceptors (Lipinski definition) is 3. The molecule has 0 aromatic heterocycles. The van der Waals surface area contributed by atoms with E-state index in [2.05, 4.69) is 0 Å². The largest absolute Gasteiger partial charge is 0.480 e. The highest BCUT2D eigenvalue weighted by Crippen LogP contribution is 2.32. The Morgan fingerprint density at radius 3 is 2.38 bits per heavy atom. The van der Waals surface area contributed by atoms with Gasteiger partial charge in [-0.1, -0.05) is 0 Å². The Morgan fingerprint density at radius 2 is 2.06 bits per heavy atom. The summed E-state index contributed by atoms with van der Waals surface area (Å²) < 4.78 is 36.9. The molecule has 0 aromatic carbocycles. The van der Waals surface area contributed by atoms with E-state index >= 15 is 0 Å². The highest BCUT2D eigenvalue weighted by atomic mass is 19.4. The number of carboxylic acid groups (broad SMARTS) is 1. The first-order valence-electron chi connectivity index (χ1n) is 5.10. The second-order valence-corrected chi connectivity index (χ2v) is 3.95. The molecule has 16 heavy (non-hydrogen) atoms. The number of carboxylic acids is 1. The van der Waals surface area contributed by atoms with Gasteiger partial charge in [0.1, 0.15) is 6.04 Å². The molecular formula is C9H15F3N2O2. The van der Waals surface area contributed by atoms with Crippen LogP contribution in [-0.4, -0.2) is 47.3 Å². The minimum absolute atomic E-state index is 0.0436. The van der Waals surface area contributed by atoms with Crippen LogP contribution in [0.15, 0.2) is 0 Å². The number of halogens is 3. The third kappa shape index (κ3) is 3.97. The second-order valence-electron chi connectivity index (χ2n) is 3.95. The van der Waals surface area contributed by atoms with Crippen molar-refractivity contribution >= 4 is 5.97 Å². The first kappa shape index (κ1) is 13.2. The van der Waals surface area contributed by atoms with E-state index in [4.69, 9.17) is 10.8 Å². The summed E-state index contributed by atoms with van der Waals surface area (Å²) in [5.74, 6) is -1.23. The molecule has 0 spiro atoms. The van der Waals surface area contributed by atoms with Gasteiger partial charge in [-0.25, -0.2) is 0 Å². The lowest BCUT2D eigenvalue weighted by Crippen LogP contribution is -2.48. The SMILES string of the molecule is NCCC(C(=O)O)N(CC(F)(F)F)C1CC1. The van der Waals surface area contributed by atoms with Gasteiger partial charge in [-0.2, -0.15) is 13.2 Å². The van der Waals surface area contributed by atoms with Gasteiger partial charge in [-0.15, -0.1) is 0 Å². The molecule has 0 aromatic rings. The third-order valence-electron chi connectivity index (χ3n) is 2.50. The van der Waals surface area contributed by atoms with Crippen molar-refractivity contribution in [3.8, 4) is 0 Å². The van der Waals surface area contributed by atoms with Gasteiger partial charge in [0.25, 0.3) is 0 Å². The van der Waals surface area contributed by atoms with E-state index in [1.54, 1.807) is 0 Å². The van der Waals surface area contributed by atoms with Crippen LogP contribution < -0.4 is 5.73 Å². The van der Waals surface area contributed by atoms with Crippen LogP contribution in [0.5, 0.6) is 0 Å². The summed E-state index contributed by atoms with van der Waals surface area (Å²) in [6, 6.07) is -1.38. The van der Waals surface area contributed by atoms with Crippen molar-refractivity contribution in [1.29, 1.82) is 0 Å². The smallest absolute Gasteiger partial charge is 0.401 e. The zero-order valence-electron chi connectivity index (χ0n) is 8.70.